The summed E-state index contributed by atoms with van der Waals surface area (Å²) in [6.07, 6.45) is 0.207. The van der Waals surface area contributed by atoms with Gasteiger partial charge in [0.05, 0.1) is 23.7 Å². The van der Waals surface area contributed by atoms with Crippen LogP contribution in [0.2, 0.25) is 0 Å². The van der Waals surface area contributed by atoms with Gasteiger partial charge < -0.3 is 14.8 Å². The number of amides is 1. The fourth-order valence-corrected chi connectivity index (χ4v) is 2.47. The van der Waals surface area contributed by atoms with Crippen LogP contribution in [0.3, 0.4) is 0 Å². The van der Waals surface area contributed by atoms with Gasteiger partial charge in [0, 0.05) is 12.0 Å². The van der Waals surface area contributed by atoms with Gasteiger partial charge in [-0.15, -0.1) is 0 Å². The number of nitrogens with zero attached hydrogens (tertiary/aromatic N) is 1. The second-order valence-electron chi connectivity index (χ2n) is 5.73. The second-order valence-corrected chi connectivity index (χ2v) is 5.73. The van der Waals surface area contributed by atoms with E-state index in [-0.39, 0.29) is 36.1 Å². The summed E-state index contributed by atoms with van der Waals surface area (Å²) < 4.78 is 10.4. The Labute approximate surface area is 156 Å². The van der Waals surface area contributed by atoms with E-state index in [1.165, 1.54) is 13.2 Å². The fraction of sp³-hybridized carbons (Fsp3) is 0.263. The third-order valence-electron chi connectivity index (χ3n) is 3.89. The lowest BCUT2D eigenvalue weighted by Crippen LogP contribution is -2.12. The van der Waals surface area contributed by atoms with Crippen LogP contribution in [0.25, 0.3) is 0 Å². The zero-order valence-corrected chi connectivity index (χ0v) is 15.3. The fourth-order valence-electron chi connectivity index (χ4n) is 2.47. The molecule has 0 saturated heterocycles. The predicted molar refractivity (Wildman–Crippen MR) is 98.9 cm³/mol. The van der Waals surface area contributed by atoms with Crippen LogP contribution in [-0.4, -0.2) is 23.9 Å². The molecule has 1 amide bonds. The Morgan fingerprint density at radius 3 is 2.56 bits per heavy atom. The molecule has 0 aliphatic heterocycles. The van der Waals surface area contributed by atoms with Crippen LogP contribution in [0.4, 0.5) is 11.4 Å². The van der Waals surface area contributed by atoms with Crippen LogP contribution in [0.5, 0.6) is 5.75 Å². The predicted octanol–water partition coefficient (Wildman–Crippen LogP) is 3.62. The van der Waals surface area contributed by atoms with Gasteiger partial charge in [-0.1, -0.05) is 25.1 Å². The van der Waals surface area contributed by atoms with E-state index in [0.29, 0.717) is 16.7 Å². The molecule has 8 heteroatoms. The quantitative estimate of drug-likeness (QED) is 0.452. The number of carbonyl (C=O) groups is 2. The number of nitro groups is 1. The molecule has 0 aliphatic rings. The lowest BCUT2D eigenvalue weighted by Gasteiger charge is -2.13. The largest absolute Gasteiger partial charge is 0.489 e. The minimum absolute atomic E-state index is 0.0303. The van der Waals surface area contributed by atoms with Gasteiger partial charge >= 0.3 is 5.97 Å². The van der Waals surface area contributed by atoms with Crippen LogP contribution in [-0.2, 0) is 16.1 Å². The summed E-state index contributed by atoms with van der Waals surface area (Å²) in [4.78, 5) is 34.3. The van der Waals surface area contributed by atoms with Crippen LogP contribution >= 0.6 is 0 Å². The first-order valence-corrected chi connectivity index (χ1v) is 8.25. The van der Waals surface area contributed by atoms with Crippen molar-refractivity contribution in [3.63, 3.8) is 0 Å². The maximum absolute atomic E-state index is 11.8. The summed E-state index contributed by atoms with van der Waals surface area (Å²) in [6.45, 7) is 3.34. The molecular weight excluding hydrogens is 352 g/mol. The Morgan fingerprint density at radius 1 is 1.22 bits per heavy atom. The number of methoxy groups -OCH3 is 1. The maximum Gasteiger partial charge on any atom is 0.338 e. The van der Waals surface area contributed by atoms with Gasteiger partial charge in [-0.25, -0.2) is 4.79 Å². The number of hydrogen-bond donors (Lipinski definition) is 1. The van der Waals surface area contributed by atoms with Gasteiger partial charge in [0.25, 0.3) is 5.69 Å². The van der Waals surface area contributed by atoms with Crippen molar-refractivity contribution in [2.75, 3.05) is 12.4 Å². The second kappa shape index (κ2) is 8.79. The molecule has 2 aromatic carbocycles. The monoisotopic (exact) mass is 372 g/mol. The third kappa shape index (κ3) is 4.81. The number of aryl methyl sites for hydroxylation is 1. The van der Waals surface area contributed by atoms with Crippen LogP contribution in [0, 0.1) is 17.0 Å². The zero-order chi connectivity index (χ0) is 20.0. The van der Waals surface area contributed by atoms with Gasteiger partial charge in [-0.3, -0.25) is 14.9 Å². The van der Waals surface area contributed by atoms with Gasteiger partial charge in [0.2, 0.25) is 5.91 Å². The van der Waals surface area contributed by atoms with E-state index in [1.54, 1.807) is 44.2 Å². The first-order chi connectivity index (χ1) is 12.9. The SMILES string of the molecule is CCC(=O)Nc1c(C)cc(OCc2ccccc2C(=O)OC)cc1[N+](=O)[O-]. The molecule has 0 heterocycles. The summed E-state index contributed by atoms with van der Waals surface area (Å²) in [5, 5.41) is 13.9. The molecule has 0 atom stereocenters. The number of hydrogen-bond acceptors (Lipinski definition) is 6. The summed E-state index contributed by atoms with van der Waals surface area (Å²) in [7, 11) is 1.29. The number of nitrogens with one attached hydrogen (secondary N) is 1. The molecule has 0 spiro atoms. The van der Waals surface area contributed by atoms with E-state index in [4.69, 9.17) is 9.47 Å². The summed E-state index contributed by atoms with van der Waals surface area (Å²) in [5.41, 5.74) is 1.34. The molecular formula is C19H20N2O6. The highest BCUT2D eigenvalue weighted by Crippen LogP contribution is 2.33. The molecule has 2 rings (SSSR count). The minimum Gasteiger partial charge on any atom is -0.489 e. The third-order valence-corrected chi connectivity index (χ3v) is 3.89. The van der Waals surface area contributed by atoms with E-state index in [0.717, 1.165) is 0 Å². The summed E-state index contributed by atoms with van der Waals surface area (Å²) in [6, 6.07) is 9.63. The Hall–Kier alpha value is -3.42. The average Bonchev–Trinajstić information content (AvgIpc) is 2.67. The molecule has 0 aromatic heterocycles. The lowest BCUT2D eigenvalue weighted by molar-refractivity contribution is -0.384. The summed E-state index contributed by atoms with van der Waals surface area (Å²) in [5.74, 6) is -0.552. The zero-order valence-electron chi connectivity index (χ0n) is 15.3. The number of ether oxygens (including phenoxy) is 2. The number of anilines is 1. The van der Waals surface area contributed by atoms with Crippen molar-refractivity contribution in [3.05, 3.63) is 63.2 Å². The molecule has 0 bridgehead atoms. The van der Waals surface area contributed by atoms with E-state index >= 15 is 0 Å². The Kier molecular flexibility index (Phi) is 6.48. The van der Waals surface area contributed by atoms with E-state index in [9.17, 15) is 19.7 Å². The van der Waals surface area contributed by atoms with Crippen molar-refractivity contribution >= 4 is 23.3 Å². The van der Waals surface area contributed by atoms with Gasteiger partial charge in [0.15, 0.2) is 0 Å². The van der Waals surface area contributed by atoms with Crippen LogP contribution in [0.1, 0.15) is 34.8 Å². The molecule has 0 fully saturated rings. The van der Waals surface area contributed by atoms with Gasteiger partial charge in [0.1, 0.15) is 18.0 Å². The topological polar surface area (TPSA) is 108 Å². The standard InChI is InChI=1S/C19H20N2O6/c1-4-17(22)20-18-12(2)9-14(10-16(18)21(24)25)27-11-13-7-5-6-8-15(13)19(23)26-3/h5-10H,4,11H2,1-3H3,(H,20,22). The average molecular weight is 372 g/mol. The highest BCUT2D eigenvalue weighted by Gasteiger charge is 2.20. The maximum atomic E-state index is 11.8. The van der Waals surface area contributed by atoms with Crippen LogP contribution < -0.4 is 10.1 Å². The Bertz CT molecular complexity index is 878. The smallest absolute Gasteiger partial charge is 0.338 e. The van der Waals surface area contributed by atoms with E-state index < -0.39 is 10.9 Å². The first kappa shape index (κ1) is 19.9. The highest BCUT2D eigenvalue weighted by atomic mass is 16.6. The molecule has 27 heavy (non-hydrogen) atoms. The number of carbonyl (C=O) groups excluding carboxylic acids is 2. The number of nitro benzene ring substituents is 1. The van der Waals surface area contributed by atoms with E-state index in [1.807, 2.05) is 0 Å². The minimum atomic E-state index is -0.576. The van der Waals surface area contributed by atoms with Crippen molar-refractivity contribution < 1.29 is 24.0 Å². The normalized spacial score (nSPS) is 10.2. The number of rotatable bonds is 7. The number of esters is 1. The molecule has 0 aliphatic carbocycles. The first-order valence-electron chi connectivity index (χ1n) is 8.25. The molecule has 1 N–H and O–H groups in total. The molecule has 0 radical (unpaired) electrons. The van der Waals surface area contributed by atoms with Crippen molar-refractivity contribution in [3.8, 4) is 5.75 Å². The molecule has 8 nitrogen and oxygen atoms in total. The molecule has 2 aromatic rings. The van der Waals surface area contributed by atoms with Crippen molar-refractivity contribution in [1.29, 1.82) is 0 Å². The van der Waals surface area contributed by atoms with Crippen molar-refractivity contribution in [2.24, 2.45) is 0 Å². The molecule has 142 valence electrons. The van der Waals surface area contributed by atoms with Crippen molar-refractivity contribution in [1.82, 2.24) is 0 Å². The molecule has 0 saturated carbocycles. The highest BCUT2D eigenvalue weighted by molar-refractivity contribution is 5.94. The van der Waals surface area contributed by atoms with E-state index in [2.05, 4.69) is 5.32 Å². The van der Waals surface area contributed by atoms with Gasteiger partial charge in [-0.05, 0) is 24.6 Å². The Morgan fingerprint density at radius 2 is 1.93 bits per heavy atom. The van der Waals surface area contributed by atoms with Crippen molar-refractivity contribution in [2.45, 2.75) is 26.9 Å². The lowest BCUT2D eigenvalue weighted by atomic mass is 10.1. The summed E-state index contributed by atoms with van der Waals surface area (Å²) >= 11 is 0. The Balaban J connectivity index is 2.29. The number of benzene rings is 2. The van der Waals surface area contributed by atoms with Crippen LogP contribution in [0.15, 0.2) is 36.4 Å². The molecule has 0 unspecified atom stereocenters. The van der Waals surface area contributed by atoms with Gasteiger partial charge in [-0.2, -0.15) is 0 Å².